The van der Waals surface area contributed by atoms with Crippen molar-refractivity contribution in [2.45, 2.75) is 45.4 Å². The number of rotatable bonds is 2. The first-order chi connectivity index (χ1) is 8.65. The molecule has 0 aromatic rings. The monoisotopic (exact) mass is 246 g/mol. The summed E-state index contributed by atoms with van der Waals surface area (Å²) in [6.45, 7) is 3.64. The molecule has 2 aliphatic rings. The third-order valence-electron chi connectivity index (χ3n) is 4.19. The summed E-state index contributed by atoms with van der Waals surface area (Å²) in [6, 6.07) is 2.43. The van der Waals surface area contributed by atoms with E-state index >= 15 is 0 Å². The lowest BCUT2D eigenvalue weighted by Gasteiger charge is -2.34. The molecule has 1 amide bonds. The van der Waals surface area contributed by atoms with Crippen LogP contribution >= 0.6 is 0 Å². The van der Waals surface area contributed by atoms with E-state index in [1.807, 2.05) is 4.90 Å². The van der Waals surface area contributed by atoms with Gasteiger partial charge in [-0.15, -0.1) is 0 Å². The van der Waals surface area contributed by atoms with E-state index in [4.69, 9.17) is 0 Å². The van der Waals surface area contributed by atoms with Crippen molar-refractivity contribution >= 4 is 5.91 Å². The van der Waals surface area contributed by atoms with Gasteiger partial charge in [0.2, 0.25) is 5.91 Å². The Balaban J connectivity index is 1.97. The molecule has 0 bridgehead atoms. The average Bonchev–Trinajstić information content (AvgIpc) is 2.40. The van der Waals surface area contributed by atoms with Crippen molar-refractivity contribution in [3.05, 3.63) is 12.2 Å². The van der Waals surface area contributed by atoms with Crippen LogP contribution in [0.1, 0.15) is 45.4 Å². The van der Waals surface area contributed by atoms with E-state index in [2.05, 4.69) is 25.1 Å². The normalized spacial score (nSPS) is 26.7. The zero-order chi connectivity index (χ0) is 13.0. The molecule has 1 aliphatic heterocycles. The van der Waals surface area contributed by atoms with Crippen LogP contribution in [0.2, 0.25) is 0 Å². The number of carbonyl (C=O) groups is 1. The van der Waals surface area contributed by atoms with Crippen molar-refractivity contribution in [3.8, 4) is 6.07 Å². The van der Waals surface area contributed by atoms with Gasteiger partial charge < -0.3 is 4.90 Å². The minimum absolute atomic E-state index is 0.162. The second kappa shape index (κ2) is 5.56. The van der Waals surface area contributed by atoms with Crippen LogP contribution in [0.5, 0.6) is 0 Å². The number of nitriles is 1. The summed E-state index contributed by atoms with van der Waals surface area (Å²) in [7, 11) is 0. The van der Waals surface area contributed by atoms with Gasteiger partial charge in [-0.3, -0.25) is 4.79 Å². The first-order valence-corrected chi connectivity index (χ1v) is 7.01. The molecule has 0 saturated heterocycles. The minimum atomic E-state index is -0.375. The molecular formula is C15H22N2O. The van der Waals surface area contributed by atoms with Crippen LogP contribution in [-0.4, -0.2) is 23.9 Å². The van der Waals surface area contributed by atoms with Gasteiger partial charge in [-0.25, -0.2) is 0 Å². The van der Waals surface area contributed by atoms with Crippen molar-refractivity contribution in [2.75, 3.05) is 13.1 Å². The quantitative estimate of drug-likeness (QED) is 0.703. The fraction of sp³-hybridized carbons (Fsp3) is 0.733. The molecule has 2 rings (SSSR count). The van der Waals surface area contributed by atoms with Crippen molar-refractivity contribution < 1.29 is 4.79 Å². The third-order valence-corrected chi connectivity index (χ3v) is 4.19. The number of hydrogen-bond acceptors (Lipinski definition) is 2. The first-order valence-electron chi connectivity index (χ1n) is 7.01. The molecule has 1 aliphatic carbocycles. The lowest BCUT2D eigenvalue weighted by molar-refractivity contribution is -0.133. The summed E-state index contributed by atoms with van der Waals surface area (Å²) in [5.41, 5.74) is -0.375. The van der Waals surface area contributed by atoms with E-state index in [1.54, 1.807) is 0 Å². The van der Waals surface area contributed by atoms with Gasteiger partial charge in [-0.2, -0.15) is 5.26 Å². The Kier molecular flexibility index (Phi) is 4.06. The van der Waals surface area contributed by atoms with E-state index in [9.17, 15) is 10.1 Å². The molecule has 1 heterocycles. The SMILES string of the molecule is CC1C=CCN(C(=O)CC2(C#N)CCCCC2)C1. The highest BCUT2D eigenvalue weighted by Crippen LogP contribution is 2.39. The number of carbonyl (C=O) groups excluding carboxylic acids is 1. The Hall–Kier alpha value is -1.30. The zero-order valence-electron chi connectivity index (χ0n) is 11.2. The lowest BCUT2D eigenvalue weighted by Crippen LogP contribution is -2.40. The van der Waals surface area contributed by atoms with Gasteiger partial charge in [-0.1, -0.05) is 38.3 Å². The maximum Gasteiger partial charge on any atom is 0.224 e. The maximum absolute atomic E-state index is 12.3. The van der Waals surface area contributed by atoms with E-state index in [0.717, 1.165) is 32.2 Å². The Morgan fingerprint density at radius 2 is 2.17 bits per heavy atom. The molecule has 0 spiro atoms. The first kappa shape index (κ1) is 13.1. The van der Waals surface area contributed by atoms with Gasteiger partial charge in [0.05, 0.1) is 11.5 Å². The lowest BCUT2D eigenvalue weighted by atomic mass is 9.72. The largest absolute Gasteiger partial charge is 0.338 e. The Labute approximate surface area is 109 Å². The molecule has 98 valence electrons. The summed E-state index contributed by atoms with van der Waals surface area (Å²) >= 11 is 0. The summed E-state index contributed by atoms with van der Waals surface area (Å²) in [5, 5.41) is 9.41. The van der Waals surface area contributed by atoms with Gasteiger partial charge in [0, 0.05) is 19.5 Å². The Morgan fingerprint density at radius 3 is 2.78 bits per heavy atom. The van der Waals surface area contributed by atoms with Crippen molar-refractivity contribution in [1.29, 1.82) is 5.26 Å². The maximum atomic E-state index is 12.3. The van der Waals surface area contributed by atoms with E-state index in [0.29, 0.717) is 18.9 Å². The minimum Gasteiger partial charge on any atom is -0.338 e. The highest BCUT2D eigenvalue weighted by molar-refractivity contribution is 5.77. The zero-order valence-corrected chi connectivity index (χ0v) is 11.2. The Bertz CT molecular complexity index is 374. The molecule has 3 heteroatoms. The molecule has 0 N–H and O–H groups in total. The van der Waals surface area contributed by atoms with Crippen molar-refractivity contribution in [2.24, 2.45) is 11.3 Å². The van der Waals surface area contributed by atoms with Gasteiger partial charge in [-0.05, 0) is 18.8 Å². The molecule has 1 atom stereocenters. The van der Waals surface area contributed by atoms with E-state index in [1.165, 1.54) is 6.42 Å². The van der Waals surface area contributed by atoms with Gasteiger partial charge in [0.1, 0.15) is 0 Å². The molecule has 3 nitrogen and oxygen atoms in total. The summed E-state index contributed by atoms with van der Waals surface area (Å²) in [6.07, 6.45) is 9.83. The van der Waals surface area contributed by atoms with Crippen LogP contribution in [0, 0.1) is 22.7 Å². The standard InChI is InChI=1S/C15H22N2O/c1-13-6-5-9-17(11-13)14(18)10-15(12-16)7-3-2-4-8-15/h5-6,13H,2-4,7-11H2,1H3. The van der Waals surface area contributed by atoms with E-state index in [-0.39, 0.29) is 11.3 Å². The third kappa shape index (κ3) is 2.93. The smallest absolute Gasteiger partial charge is 0.224 e. The van der Waals surface area contributed by atoms with Crippen LogP contribution < -0.4 is 0 Å². The highest BCUT2D eigenvalue weighted by atomic mass is 16.2. The van der Waals surface area contributed by atoms with Crippen LogP contribution in [0.4, 0.5) is 0 Å². The molecular weight excluding hydrogens is 224 g/mol. The number of hydrogen-bond donors (Lipinski definition) is 0. The molecule has 0 aromatic heterocycles. The number of nitrogens with zero attached hydrogens (tertiary/aromatic N) is 2. The molecule has 1 fully saturated rings. The predicted molar refractivity (Wildman–Crippen MR) is 70.6 cm³/mol. The summed E-state index contributed by atoms with van der Waals surface area (Å²) < 4.78 is 0. The molecule has 0 radical (unpaired) electrons. The van der Waals surface area contributed by atoms with Crippen LogP contribution in [0.15, 0.2) is 12.2 Å². The summed E-state index contributed by atoms with van der Waals surface area (Å²) in [4.78, 5) is 14.2. The topological polar surface area (TPSA) is 44.1 Å². The van der Waals surface area contributed by atoms with Crippen molar-refractivity contribution in [3.63, 3.8) is 0 Å². The average molecular weight is 246 g/mol. The fourth-order valence-electron chi connectivity index (χ4n) is 3.07. The van der Waals surface area contributed by atoms with E-state index < -0.39 is 0 Å². The molecule has 1 unspecified atom stereocenters. The second-order valence-electron chi connectivity index (χ2n) is 5.83. The van der Waals surface area contributed by atoms with Gasteiger partial charge in [0.25, 0.3) is 0 Å². The molecule has 1 saturated carbocycles. The highest BCUT2D eigenvalue weighted by Gasteiger charge is 2.36. The van der Waals surface area contributed by atoms with Gasteiger partial charge in [0.15, 0.2) is 0 Å². The second-order valence-corrected chi connectivity index (χ2v) is 5.83. The number of amides is 1. The molecule has 18 heavy (non-hydrogen) atoms. The van der Waals surface area contributed by atoms with Gasteiger partial charge >= 0.3 is 0 Å². The summed E-state index contributed by atoms with van der Waals surface area (Å²) in [5.74, 6) is 0.599. The van der Waals surface area contributed by atoms with Crippen LogP contribution in [0.3, 0.4) is 0 Å². The Morgan fingerprint density at radius 1 is 1.44 bits per heavy atom. The predicted octanol–water partition coefficient (Wildman–Crippen LogP) is 2.89. The van der Waals surface area contributed by atoms with Crippen molar-refractivity contribution in [1.82, 2.24) is 4.90 Å². The fourth-order valence-corrected chi connectivity index (χ4v) is 3.07. The van der Waals surface area contributed by atoms with Crippen LogP contribution in [0.25, 0.3) is 0 Å². The van der Waals surface area contributed by atoms with Crippen LogP contribution in [-0.2, 0) is 4.79 Å². The molecule has 0 aromatic carbocycles.